The van der Waals surface area contributed by atoms with Crippen molar-refractivity contribution >= 4 is 29.0 Å². The molecular weight excluding hydrogens is 366 g/mol. The van der Waals surface area contributed by atoms with Gasteiger partial charge >= 0.3 is 5.97 Å². The van der Waals surface area contributed by atoms with Gasteiger partial charge in [0.05, 0.1) is 30.3 Å². The number of nitro groups is 1. The van der Waals surface area contributed by atoms with E-state index in [9.17, 15) is 19.7 Å². The lowest BCUT2D eigenvalue weighted by atomic mass is 10.1. The van der Waals surface area contributed by atoms with Gasteiger partial charge < -0.3 is 14.2 Å². The molecule has 0 N–H and O–H groups in total. The fourth-order valence-corrected chi connectivity index (χ4v) is 2.29. The van der Waals surface area contributed by atoms with Gasteiger partial charge in [-0.1, -0.05) is 11.6 Å². The summed E-state index contributed by atoms with van der Waals surface area (Å²) < 4.78 is 15.1. The van der Waals surface area contributed by atoms with Crippen LogP contribution in [0.5, 0.6) is 11.5 Å². The molecule has 2 aromatic rings. The van der Waals surface area contributed by atoms with Crippen molar-refractivity contribution in [2.75, 3.05) is 20.8 Å². The number of methoxy groups -OCH3 is 2. The second kappa shape index (κ2) is 8.30. The van der Waals surface area contributed by atoms with Crippen molar-refractivity contribution in [2.45, 2.75) is 0 Å². The van der Waals surface area contributed by atoms with Crippen molar-refractivity contribution < 1.29 is 28.7 Å². The van der Waals surface area contributed by atoms with Crippen LogP contribution < -0.4 is 9.47 Å². The highest BCUT2D eigenvalue weighted by atomic mass is 35.5. The number of ketones is 1. The molecule has 0 unspecified atom stereocenters. The topological polar surface area (TPSA) is 105 Å². The Hall–Kier alpha value is -3.13. The summed E-state index contributed by atoms with van der Waals surface area (Å²) in [4.78, 5) is 34.4. The Morgan fingerprint density at radius 2 is 1.85 bits per heavy atom. The van der Waals surface area contributed by atoms with Crippen LogP contribution >= 0.6 is 11.6 Å². The summed E-state index contributed by atoms with van der Waals surface area (Å²) in [5, 5.41) is 10.8. The third kappa shape index (κ3) is 4.28. The maximum absolute atomic E-state index is 12.3. The minimum Gasteiger partial charge on any atom is -0.497 e. The zero-order valence-corrected chi connectivity index (χ0v) is 14.6. The highest BCUT2D eigenvalue weighted by Crippen LogP contribution is 2.26. The van der Waals surface area contributed by atoms with Crippen LogP contribution in [0.2, 0.25) is 5.02 Å². The van der Waals surface area contributed by atoms with Crippen LogP contribution in [-0.4, -0.2) is 37.5 Å². The Bertz CT molecular complexity index is 866. The number of hydrogen-bond donors (Lipinski definition) is 0. The van der Waals surface area contributed by atoms with Gasteiger partial charge in [-0.3, -0.25) is 14.9 Å². The predicted octanol–water partition coefficient (Wildman–Crippen LogP) is 3.31. The molecule has 2 rings (SSSR count). The minimum atomic E-state index is -0.884. The van der Waals surface area contributed by atoms with Crippen molar-refractivity contribution in [3.8, 4) is 11.5 Å². The number of carbonyl (C=O) groups is 2. The molecule has 8 nitrogen and oxygen atoms in total. The molecule has 0 spiro atoms. The lowest BCUT2D eigenvalue weighted by Gasteiger charge is -2.10. The van der Waals surface area contributed by atoms with E-state index in [4.69, 9.17) is 25.8 Å². The van der Waals surface area contributed by atoms with Crippen LogP contribution in [0.15, 0.2) is 36.4 Å². The number of benzene rings is 2. The predicted molar refractivity (Wildman–Crippen MR) is 92.3 cm³/mol. The van der Waals surface area contributed by atoms with E-state index in [1.54, 1.807) is 6.07 Å². The number of nitro benzene ring substituents is 1. The van der Waals surface area contributed by atoms with E-state index in [1.165, 1.54) is 38.5 Å². The summed E-state index contributed by atoms with van der Waals surface area (Å²) in [6, 6.07) is 8.06. The number of ether oxygens (including phenoxy) is 3. The van der Waals surface area contributed by atoms with Gasteiger partial charge in [0, 0.05) is 12.1 Å². The van der Waals surface area contributed by atoms with Crippen LogP contribution in [-0.2, 0) is 4.74 Å². The average Bonchev–Trinajstić information content (AvgIpc) is 2.65. The van der Waals surface area contributed by atoms with Gasteiger partial charge in [0.1, 0.15) is 16.5 Å². The van der Waals surface area contributed by atoms with Crippen LogP contribution in [0.4, 0.5) is 5.69 Å². The first-order chi connectivity index (χ1) is 12.4. The fraction of sp³-hybridized carbons (Fsp3) is 0.176. The lowest BCUT2D eigenvalue weighted by Crippen LogP contribution is -2.15. The lowest BCUT2D eigenvalue weighted by molar-refractivity contribution is -0.384. The van der Waals surface area contributed by atoms with Crippen LogP contribution in [0.1, 0.15) is 20.7 Å². The summed E-state index contributed by atoms with van der Waals surface area (Å²) in [6.07, 6.45) is 0. The first kappa shape index (κ1) is 19.2. The third-order valence-corrected chi connectivity index (χ3v) is 3.74. The fourth-order valence-electron chi connectivity index (χ4n) is 2.10. The Morgan fingerprint density at radius 3 is 2.46 bits per heavy atom. The standard InChI is InChI=1S/C17H14ClNO7/c1-24-11-4-5-12(16(8-11)25-2)15(20)9-26-17(21)10-3-6-13(18)14(7-10)19(22)23/h3-8H,9H2,1-2H3. The Balaban J connectivity index is 2.11. The number of esters is 1. The number of carbonyl (C=O) groups excluding carboxylic acids is 2. The average molecular weight is 380 g/mol. The number of Topliss-reactive ketones (excluding diaryl/α,β-unsaturated/α-hetero) is 1. The Kier molecular flexibility index (Phi) is 6.13. The molecule has 0 saturated heterocycles. The largest absolute Gasteiger partial charge is 0.497 e. The zero-order chi connectivity index (χ0) is 19.3. The zero-order valence-electron chi connectivity index (χ0n) is 13.9. The van der Waals surface area contributed by atoms with Gasteiger partial charge in [0.2, 0.25) is 5.78 Å². The molecule has 136 valence electrons. The van der Waals surface area contributed by atoms with Crippen molar-refractivity contribution in [1.82, 2.24) is 0 Å². The first-order valence-electron chi connectivity index (χ1n) is 7.23. The maximum Gasteiger partial charge on any atom is 0.338 e. The quantitative estimate of drug-likeness (QED) is 0.314. The van der Waals surface area contributed by atoms with Crippen LogP contribution in [0.3, 0.4) is 0 Å². The van der Waals surface area contributed by atoms with E-state index < -0.39 is 29.0 Å². The Morgan fingerprint density at radius 1 is 1.12 bits per heavy atom. The number of rotatable bonds is 7. The van der Waals surface area contributed by atoms with Crippen molar-refractivity contribution in [3.63, 3.8) is 0 Å². The molecule has 0 heterocycles. The van der Waals surface area contributed by atoms with E-state index in [1.807, 2.05) is 0 Å². The summed E-state index contributed by atoms with van der Waals surface area (Å²) in [5.74, 6) is -0.608. The van der Waals surface area contributed by atoms with Crippen molar-refractivity contribution in [1.29, 1.82) is 0 Å². The van der Waals surface area contributed by atoms with Crippen LogP contribution in [0.25, 0.3) is 0 Å². The van der Waals surface area contributed by atoms with E-state index in [-0.39, 0.29) is 21.9 Å². The second-order valence-corrected chi connectivity index (χ2v) is 5.40. The molecule has 0 atom stereocenters. The molecule has 26 heavy (non-hydrogen) atoms. The van der Waals surface area contributed by atoms with E-state index >= 15 is 0 Å². The van der Waals surface area contributed by atoms with E-state index in [2.05, 4.69) is 0 Å². The van der Waals surface area contributed by atoms with Gasteiger partial charge in [-0.25, -0.2) is 4.79 Å². The summed E-state index contributed by atoms with van der Waals surface area (Å²) in [7, 11) is 2.87. The number of halogens is 1. The molecule has 0 bridgehead atoms. The maximum atomic E-state index is 12.3. The molecule has 9 heteroatoms. The molecular formula is C17H14ClNO7. The molecule has 0 amide bonds. The summed E-state index contributed by atoms with van der Waals surface area (Å²) in [5.41, 5.74) is -0.303. The molecule has 0 aliphatic heterocycles. The SMILES string of the molecule is COc1ccc(C(=O)COC(=O)c2ccc(Cl)c([N+](=O)[O-])c2)c(OC)c1. The molecule has 0 aliphatic rings. The third-order valence-electron chi connectivity index (χ3n) is 3.42. The normalized spacial score (nSPS) is 10.1. The number of hydrogen-bond acceptors (Lipinski definition) is 7. The molecule has 0 fully saturated rings. The van der Waals surface area contributed by atoms with E-state index in [0.717, 1.165) is 6.07 Å². The highest BCUT2D eigenvalue weighted by molar-refractivity contribution is 6.32. The molecule has 0 aliphatic carbocycles. The van der Waals surface area contributed by atoms with Gasteiger partial charge in [0.25, 0.3) is 5.69 Å². The molecule has 0 aromatic heterocycles. The smallest absolute Gasteiger partial charge is 0.338 e. The summed E-state index contributed by atoms with van der Waals surface area (Å²) in [6.45, 7) is -0.558. The molecule has 0 saturated carbocycles. The first-order valence-corrected chi connectivity index (χ1v) is 7.61. The van der Waals surface area contributed by atoms with Gasteiger partial charge in [0.15, 0.2) is 6.61 Å². The van der Waals surface area contributed by atoms with Gasteiger partial charge in [-0.2, -0.15) is 0 Å². The molecule has 0 radical (unpaired) electrons. The highest BCUT2D eigenvalue weighted by Gasteiger charge is 2.19. The van der Waals surface area contributed by atoms with Crippen LogP contribution in [0, 0.1) is 10.1 Å². The molecule has 2 aromatic carbocycles. The monoisotopic (exact) mass is 379 g/mol. The summed E-state index contributed by atoms with van der Waals surface area (Å²) >= 11 is 5.69. The number of nitrogens with zero attached hydrogens (tertiary/aromatic N) is 1. The van der Waals surface area contributed by atoms with Crippen molar-refractivity contribution in [3.05, 3.63) is 62.7 Å². The Labute approximate surface area is 153 Å². The second-order valence-electron chi connectivity index (χ2n) is 4.99. The van der Waals surface area contributed by atoms with Gasteiger partial charge in [-0.05, 0) is 24.3 Å². The van der Waals surface area contributed by atoms with Gasteiger partial charge in [-0.15, -0.1) is 0 Å². The van der Waals surface area contributed by atoms with Crippen molar-refractivity contribution in [2.24, 2.45) is 0 Å². The van der Waals surface area contributed by atoms with E-state index in [0.29, 0.717) is 5.75 Å². The minimum absolute atomic E-state index is 0.0874.